The van der Waals surface area contributed by atoms with Crippen molar-refractivity contribution < 1.29 is 14.9 Å². The molecule has 2 aliphatic heterocycles. The van der Waals surface area contributed by atoms with Gasteiger partial charge in [0.2, 0.25) is 0 Å². The van der Waals surface area contributed by atoms with Crippen molar-refractivity contribution in [2.24, 2.45) is 11.3 Å². The van der Waals surface area contributed by atoms with E-state index in [0.717, 1.165) is 19.5 Å². The van der Waals surface area contributed by atoms with Gasteiger partial charge in [0.1, 0.15) is 0 Å². The summed E-state index contributed by atoms with van der Waals surface area (Å²) in [6.45, 7) is 3.68. The van der Waals surface area contributed by atoms with Crippen LogP contribution in [0.2, 0.25) is 0 Å². The maximum absolute atomic E-state index is 10.3. The molecule has 3 rings (SSSR count). The fourth-order valence-corrected chi connectivity index (χ4v) is 4.18. The summed E-state index contributed by atoms with van der Waals surface area (Å²) in [5, 5.41) is 19.9. The van der Waals surface area contributed by atoms with Gasteiger partial charge in [0.15, 0.2) is 0 Å². The number of ether oxygens (including phenoxy) is 1. The molecule has 2 N–H and O–H groups in total. The van der Waals surface area contributed by atoms with Gasteiger partial charge in [0.25, 0.3) is 0 Å². The van der Waals surface area contributed by atoms with Crippen molar-refractivity contribution >= 4 is 0 Å². The Bertz CT molecular complexity index is 300. The van der Waals surface area contributed by atoms with Gasteiger partial charge in [0.05, 0.1) is 31.3 Å². The minimum absolute atomic E-state index is 0.0256. The SMILES string of the molecule is OCC1(CN2CCC[C@@H]2[C@@H]2CCCC[C@H]2O)COC1. The van der Waals surface area contributed by atoms with Crippen LogP contribution in [-0.2, 0) is 4.74 Å². The van der Waals surface area contributed by atoms with Crippen LogP contribution in [0.1, 0.15) is 38.5 Å². The summed E-state index contributed by atoms with van der Waals surface area (Å²) < 4.78 is 5.31. The zero-order valence-electron chi connectivity index (χ0n) is 11.8. The number of hydrogen-bond donors (Lipinski definition) is 2. The van der Waals surface area contributed by atoms with E-state index in [9.17, 15) is 10.2 Å². The Morgan fingerprint density at radius 2 is 1.89 bits per heavy atom. The topological polar surface area (TPSA) is 52.9 Å². The smallest absolute Gasteiger partial charge is 0.0583 e. The molecule has 1 saturated carbocycles. The van der Waals surface area contributed by atoms with Crippen LogP contribution in [0, 0.1) is 11.3 Å². The molecule has 110 valence electrons. The first-order valence-electron chi connectivity index (χ1n) is 7.85. The highest BCUT2D eigenvalue weighted by molar-refractivity contribution is 4.95. The number of rotatable bonds is 4. The molecule has 2 heterocycles. The molecule has 1 aliphatic carbocycles. The Hall–Kier alpha value is -0.160. The third-order valence-corrected chi connectivity index (χ3v) is 5.38. The second-order valence-electron chi connectivity index (χ2n) is 6.85. The van der Waals surface area contributed by atoms with E-state index in [1.54, 1.807) is 0 Å². The standard InChI is InChI=1S/C15H27NO3/c17-9-15(10-19-11-15)8-16-7-3-5-13(16)12-4-1-2-6-14(12)18/h12-14,17-18H,1-11H2/t12-,13+,14+/m0/s1. The number of aliphatic hydroxyl groups excluding tert-OH is 2. The summed E-state index contributed by atoms with van der Waals surface area (Å²) in [5.74, 6) is 0.452. The first-order valence-corrected chi connectivity index (χ1v) is 7.85. The van der Waals surface area contributed by atoms with Crippen LogP contribution in [0.25, 0.3) is 0 Å². The Morgan fingerprint density at radius 1 is 1.11 bits per heavy atom. The van der Waals surface area contributed by atoms with Crippen molar-refractivity contribution in [2.45, 2.75) is 50.7 Å². The molecule has 19 heavy (non-hydrogen) atoms. The number of likely N-dealkylation sites (tertiary alicyclic amines) is 1. The Labute approximate surface area is 115 Å². The molecule has 3 aliphatic rings. The van der Waals surface area contributed by atoms with Gasteiger partial charge in [-0.15, -0.1) is 0 Å². The summed E-state index contributed by atoms with van der Waals surface area (Å²) in [5.41, 5.74) is -0.0256. The second-order valence-corrected chi connectivity index (χ2v) is 6.85. The van der Waals surface area contributed by atoms with Crippen LogP contribution in [-0.4, -0.2) is 60.2 Å². The molecule has 0 radical (unpaired) electrons. The zero-order valence-corrected chi connectivity index (χ0v) is 11.8. The second kappa shape index (κ2) is 5.68. The average Bonchev–Trinajstić information content (AvgIpc) is 2.82. The predicted octanol–water partition coefficient (Wildman–Crippen LogP) is 1.01. The molecule has 2 saturated heterocycles. The molecule has 0 spiro atoms. The van der Waals surface area contributed by atoms with E-state index in [4.69, 9.17) is 4.74 Å². The third-order valence-electron chi connectivity index (χ3n) is 5.38. The molecule has 3 atom stereocenters. The Morgan fingerprint density at radius 3 is 2.53 bits per heavy atom. The highest BCUT2D eigenvalue weighted by Gasteiger charge is 2.44. The summed E-state index contributed by atoms with van der Waals surface area (Å²) >= 11 is 0. The van der Waals surface area contributed by atoms with E-state index in [-0.39, 0.29) is 18.1 Å². The van der Waals surface area contributed by atoms with Gasteiger partial charge in [-0.2, -0.15) is 0 Å². The van der Waals surface area contributed by atoms with Gasteiger partial charge in [-0.05, 0) is 32.2 Å². The third kappa shape index (κ3) is 2.68. The fraction of sp³-hybridized carbons (Fsp3) is 1.00. The number of hydrogen-bond acceptors (Lipinski definition) is 4. The maximum atomic E-state index is 10.3. The van der Waals surface area contributed by atoms with Crippen molar-refractivity contribution in [1.82, 2.24) is 4.90 Å². The first-order chi connectivity index (χ1) is 9.24. The molecule has 4 nitrogen and oxygen atoms in total. The van der Waals surface area contributed by atoms with E-state index >= 15 is 0 Å². The van der Waals surface area contributed by atoms with E-state index in [1.165, 1.54) is 32.1 Å². The molecule has 0 aromatic rings. The summed E-state index contributed by atoms with van der Waals surface area (Å²) in [7, 11) is 0. The highest BCUT2D eigenvalue weighted by Crippen LogP contribution is 2.37. The Balaban J connectivity index is 1.64. The monoisotopic (exact) mass is 269 g/mol. The minimum Gasteiger partial charge on any atom is -0.396 e. The van der Waals surface area contributed by atoms with Crippen LogP contribution < -0.4 is 0 Å². The number of aliphatic hydroxyl groups is 2. The Kier molecular flexibility index (Phi) is 4.13. The first kappa shape index (κ1) is 13.8. The summed E-state index contributed by atoms with van der Waals surface area (Å²) in [6.07, 6.45) is 6.93. The van der Waals surface area contributed by atoms with E-state index in [0.29, 0.717) is 25.2 Å². The maximum Gasteiger partial charge on any atom is 0.0583 e. The van der Waals surface area contributed by atoms with Crippen molar-refractivity contribution in [3.63, 3.8) is 0 Å². The van der Waals surface area contributed by atoms with Crippen LogP contribution in [0.3, 0.4) is 0 Å². The van der Waals surface area contributed by atoms with Crippen molar-refractivity contribution in [1.29, 1.82) is 0 Å². The largest absolute Gasteiger partial charge is 0.396 e. The molecule has 0 unspecified atom stereocenters. The summed E-state index contributed by atoms with van der Waals surface area (Å²) in [6, 6.07) is 0.527. The molecule has 4 heteroatoms. The lowest BCUT2D eigenvalue weighted by atomic mass is 9.79. The van der Waals surface area contributed by atoms with Gasteiger partial charge < -0.3 is 14.9 Å². The quantitative estimate of drug-likeness (QED) is 0.800. The lowest BCUT2D eigenvalue weighted by Gasteiger charge is -2.45. The molecule has 0 aromatic carbocycles. The predicted molar refractivity (Wildman–Crippen MR) is 72.9 cm³/mol. The summed E-state index contributed by atoms with van der Waals surface area (Å²) in [4.78, 5) is 2.53. The number of nitrogens with zero attached hydrogens (tertiary/aromatic N) is 1. The molecule has 0 bridgehead atoms. The van der Waals surface area contributed by atoms with Gasteiger partial charge in [0, 0.05) is 18.5 Å². The van der Waals surface area contributed by atoms with Gasteiger partial charge >= 0.3 is 0 Å². The van der Waals surface area contributed by atoms with E-state index in [2.05, 4.69) is 4.90 Å². The van der Waals surface area contributed by atoms with Crippen LogP contribution in [0.4, 0.5) is 0 Å². The molecule has 3 fully saturated rings. The van der Waals surface area contributed by atoms with Crippen LogP contribution in [0.5, 0.6) is 0 Å². The van der Waals surface area contributed by atoms with Crippen LogP contribution >= 0.6 is 0 Å². The van der Waals surface area contributed by atoms with Crippen molar-refractivity contribution in [3.8, 4) is 0 Å². The van der Waals surface area contributed by atoms with E-state index in [1.807, 2.05) is 0 Å². The van der Waals surface area contributed by atoms with Gasteiger partial charge in [-0.25, -0.2) is 0 Å². The zero-order chi connectivity index (χ0) is 13.3. The van der Waals surface area contributed by atoms with Crippen LogP contribution in [0.15, 0.2) is 0 Å². The fourth-order valence-electron chi connectivity index (χ4n) is 4.18. The van der Waals surface area contributed by atoms with E-state index < -0.39 is 0 Å². The van der Waals surface area contributed by atoms with Crippen molar-refractivity contribution in [2.75, 3.05) is 32.9 Å². The normalized spacial score (nSPS) is 39.2. The molecular formula is C15H27NO3. The minimum atomic E-state index is -0.109. The van der Waals surface area contributed by atoms with Gasteiger partial charge in [-0.3, -0.25) is 4.90 Å². The molecule has 0 amide bonds. The molecule has 0 aromatic heterocycles. The van der Waals surface area contributed by atoms with Gasteiger partial charge in [-0.1, -0.05) is 12.8 Å². The average molecular weight is 269 g/mol. The lowest BCUT2D eigenvalue weighted by Crippen LogP contribution is -2.55. The molecular weight excluding hydrogens is 242 g/mol. The lowest BCUT2D eigenvalue weighted by molar-refractivity contribution is -0.152. The van der Waals surface area contributed by atoms with Crippen molar-refractivity contribution in [3.05, 3.63) is 0 Å². The highest BCUT2D eigenvalue weighted by atomic mass is 16.5.